The lowest BCUT2D eigenvalue weighted by atomic mass is 10.0. The van der Waals surface area contributed by atoms with Gasteiger partial charge in [-0.2, -0.15) is 5.10 Å². The molecule has 0 saturated carbocycles. The fraction of sp³-hybridized carbons (Fsp3) is 0.583. The molecular weight excluding hydrogens is 246 g/mol. The maximum Gasteiger partial charge on any atom is 0.230 e. The molecule has 7 heteroatoms. The zero-order valence-electron chi connectivity index (χ0n) is 11.3. The van der Waals surface area contributed by atoms with Crippen LogP contribution in [-0.4, -0.2) is 33.3 Å². The summed E-state index contributed by atoms with van der Waals surface area (Å²) in [4.78, 5) is 11.9. The van der Waals surface area contributed by atoms with Crippen LogP contribution in [0.25, 0.3) is 0 Å². The molecule has 106 valence electrons. The molecule has 0 saturated heterocycles. The molecule has 0 aliphatic rings. The van der Waals surface area contributed by atoms with Crippen molar-refractivity contribution in [3.63, 3.8) is 0 Å². The molecule has 1 rings (SSSR count). The smallest absolute Gasteiger partial charge is 0.230 e. The number of nitrogens with one attached hydrogen (secondary N) is 1. The van der Waals surface area contributed by atoms with Crippen molar-refractivity contribution in [2.45, 2.75) is 26.2 Å². The molecule has 1 atom stereocenters. The lowest BCUT2D eigenvalue weighted by Crippen LogP contribution is -2.39. The Morgan fingerprint density at radius 3 is 2.95 bits per heavy atom. The lowest BCUT2D eigenvalue weighted by molar-refractivity contribution is -0.123. The standard InChI is InChI=1S/C12H21N5O2/c1-3-4-10(11(13)16-19)12(18)14-7-5-9-6-8-15-17(9)2/h6,8,10,19H,3-5,7H2,1-2H3,(H2,13,16)(H,14,18). The number of carbonyl (C=O) groups is 1. The number of nitrogens with zero attached hydrogens (tertiary/aromatic N) is 3. The Morgan fingerprint density at radius 1 is 1.68 bits per heavy atom. The summed E-state index contributed by atoms with van der Waals surface area (Å²) in [5.74, 6) is -0.819. The number of hydrogen-bond acceptors (Lipinski definition) is 4. The predicted molar refractivity (Wildman–Crippen MR) is 71.7 cm³/mol. The van der Waals surface area contributed by atoms with E-state index in [0.29, 0.717) is 19.4 Å². The second-order valence-corrected chi connectivity index (χ2v) is 4.35. The van der Waals surface area contributed by atoms with Gasteiger partial charge in [0.05, 0.1) is 5.92 Å². The van der Waals surface area contributed by atoms with Crippen molar-refractivity contribution >= 4 is 11.7 Å². The second-order valence-electron chi connectivity index (χ2n) is 4.35. The molecule has 0 aliphatic carbocycles. The normalized spacial score (nSPS) is 13.3. The Hall–Kier alpha value is -2.05. The minimum atomic E-state index is -0.568. The Kier molecular flexibility index (Phi) is 5.84. The maximum atomic E-state index is 11.9. The average Bonchev–Trinajstić information content (AvgIpc) is 2.80. The Balaban J connectivity index is 2.47. The first-order valence-corrected chi connectivity index (χ1v) is 6.32. The van der Waals surface area contributed by atoms with Crippen LogP contribution < -0.4 is 11.1 Å². The van der Waals surface area contributed by atoms with Crippen LogP contribution in [0.3, 0.4) is 0 Å². The Labute approximate surface area is 112 Å². The number of aromatic nitrogens is 2. The van der Waals surface area contributed by atoms with Gasteiger partial charge in [0.1, 0.15) is 0 Å². The van der Waals surface area contributed by atoms with E-state index in [1.807, 2.05) is 20.0 Å². The third-order valence-corrected chi connectivity index (χ3v) is 2.97. The van der Waals surface area contributed by atoms with E-state index in [2.05, 4.69) is 15.6 Å². The summed E-state index contributed by atoms with van der Waals surface area (Å²) >= 11 is 0. The lowest BCUT2D eigenvalue weighted by Gasteiger charge is -2.14. The Bertz CT molecular complexity index is 441. The first kappa shape index (κ1) is 15.0. The molecule has 1 aromatic heterocycles. The van der Waals surface area contributed by atoms with Gasteiger partial charge >= 0.3 is 0 Å². The summed E-state index contributed by atoms with van der Waals surface area (Å²) in [6, 6.07) is 1.90. The van der Waals surface area contributed by atoms with E-state index >= 15 is 0 Å². The van der Waals surface area contributed by atoms with Gasteiger partial charge in [-0.15, -0.1) is 0 Å². The van der Waals surface area contributed by atoms with Crippen molar-refractivity contribution in [3.05, 3.63) is 18.0 Å². The van der Waals surface area contributed by atoms with Crippen molar-refractivity contribution in [1.82, 2.24) is 15.1 Å². The van der Waals surface area contributed by atoms with E-state index < -0.39 is 5.92 Å². The molecule has 0 bridgehead atoms. The molecule has 1 unspecified atom stereocenters. The van der Waals surface area contributed by atoms with Crippen molar-refractivity contribution in [3.8, 4) is 0 Å². The molecule has 19 heavy (non-hydrogen) atoms. The molecule has 7 nitrogen and oxygen atoms in total. The van der Waals surface area contributed by atoms with Crippen LogP contribution in [0.5, 0.6) is 0 Å². The van der Waals surface area contributed by atoms with Crippen LogP contribution in [0, 0.1) is 5.92 Å². The average molecular weight is 267 g/mol. The zero-order chi connectivity index (χ0) is 14.3. The first-order chi connectivity index (χ1) is 9.10. The molecule has 0 spiro atoms. The largest absolute Gasteiger partial charge is 0.409 e. The molecule has 1 amide bonds. The van der Waals surface area contributed by atoms with E-state index in [0.717, 1.165) is 12.1 Å². The zero-order valence-corrected chi connectivity index (χ0v) is 11.3. The number of nitrogens with two attached hydrogens (primary N) is 1. The third kappa shape index (κ3) is 4.27. The molecule has 0 aliphatic heterocycles. The van der Waals surface area contributed by atoms with Crippen molar-refractivity contribution < 1.29 is 10.0 Å². The predicted octanol–water partition coefficient (Wildman–Crippen LogP) is 0.242. The van der Waals surface area contributed by atoms with E-state index in [9.17, 15) is 4.79 Å². The number of carbonyl (C=O) groups excluding carboxylic acids is 1. The van der Waals surface area contributed by atoms with Gasteiger partial charge in [0, 0.05) is 31.9 Å². The highest BCUT2D eigenvalue weighted by Gasteiger charge is 2.21. The van der Waals surface area contributed by atoms with Crippen molar-refractivity contribution in [2.24, 2.45) is 23.9 Å². The van der Waals surface area contributed by atoms with Crippen LogP contribution in [0.1, 0.15) is 25.5 Å². The summed E-state index contributed by atoms with van der Waals surface area (Å²) in [5.41, 5.74) is 6.56. The number of amides is 1. The van der Waals surface area contributed by atoms with Crippen LogP contribution in [0.4, 0.5) is 0 Å². The van der Waals surface area contributed by atoms with Gasteiger partial charge in [-0.25, -0.2) is 0 Å². The second kappa shape index (κ2) is 7.40. The highest BCUT2D eigenvalue weighted by atomic mass is 16.4. The number of aryl methyl sites for hydroxylation is 1. The van der Waals surface area contributed by atoms with Crippen molar-refractivity contribution in [2.75, 3.05) is 6.54 Å². The fourth-order valence-corrected chi connectivity index (χ4v) is 1.86. The molecule has 0 radical (unpaired) electrons. The number of oxime groups is 1. The summed E-state index contributed by atoms with van der Waals surface area (Å²) in [7, 11) is 1.85. The minimum absolute atomic E-state index is 0.0418. The van der Waals surface area contributed by atoms with Crippen LogP contribution >= 0.6 is 0 Å². The van der Waals surface area contributed by atoms with Gasteiger partial charge in [-0.3, -0.25) is 9.48 Å². The van der Waals surface area contributed by atoms with Gasteiger partial charge in [0.25, 0.3) is 0 Å². The topological polar surface area (TPSA) is 106 Å². The van der Waals surface area contributed by atoms with Gasteiger partial charge in [0.15, 0.2) is 5.84 Å². The number of hydrogen-bond donors (Lipinski definition) is 3. The molecule has 0 aromatic carbocycles. The fourth-order valence-electron chi connectivity index (χ4n) is 1.86. The minimum Gasteiger partial charge on any atom is -0.409 e. The summed E-state index contributed by atoms with van der Waals surface area (Å²) in [6.45, 7) is 2.44. The molecular formula is C12H21N5O2. The Morgan fingerprint density at radius 2 is 2.42 bits per heavy atom. The number of rotatable bonds is 7. The van der Waals surface area contributed by atoms with E-state index in [4.69, 9.17) is 10.9 Å². The molecule has 1 heterocycles. The molecule has 0 fully saturated rings. The van der Waals surface area contributed by atoms with Crippen LogP contribution in [-0.2, 0) is 18.3 Å². The van der Waals surface area contributed by atoms with Crippen LogP contribution in [0.2, 0.25) is 0 Å². The SMILES string of the molecule is CCCC(C(=O)NCCc1ccnn1C)C(N)=NO. The van der Waals surface area contributed by atoms with Gasteiger partial charge in [-0.1, -0.05) is 18.5 Å². The third-order valence-electron chi connectivity index (χ3n) is 2.97. The summed E-state index contributed by atoms with van der Waals surface area (Å²) < 4.78 is 1.76. The van der Waals surface area contributed by atoms with Gasteiger partial charge < -0.3 is 16.3 Å². The molecule has 4 N–H and O–H groups in total. The quantitative estimate of drug-likeness (QED) is 0.285. The first-order valence-electron chi connectivity index (χ1n) is 6.32. The van der Waals surface area contributed by atoms with Gasteiger partial charge in [-0.05, 0) is 12.5 Å². The van der Waals surface area contributed by atoms with Gasteiger partial charge in [0.2, 0.25) is 5.91 Å². The highest BCUT2D eigenvalue weighted by molar-refractivity contribution is 6.02. The van der Waals surface area contributed by atoms with Crippen molar-refractivity contribution in [1.29, 1.82) is 0 Å². The molecule has 1 aromatic rings. The van der Waals surface area contributed by atoms with Crippen LogP contribution in [0.15, 0.2) is 17.4 Å². The summed E-state index contributed by atoms with van der Waals surface area (Å²) in [5, 5.41) is 18.4. The monoisotopic (exact) mass is 267 g/mol. The highest BCUT2D eigenvalue weighted by Crippen LogP contribution is 2.07. The van der Waals surface area contributed by atoms with E-state index in [-0.39, 0.29) is 11.7 Å². The van der Waals surface area contributed by atoms with E-state index in [1.165, 1.54) is 0 Å². The summed E-state index contributed by atoms with van der Waals surface area (Å²) in [6.07, 6.45) is 3.76. The number of amidine groups is 1. The van der Waals surface area contributed by atoms with E-state index in [1.54, 1.807) is 10.9 Å². The maximum absolute atomic E-state index is 11.9.